The molecule has 2 aromatic carbocycles. The maximum absolute atomic E-state index is 14.0. The molecule has 84 heavy (non-hydrogen) atoms. The first-order valence-electron chi connectivity index (χ1n) is 29.9. The number of nitrogens with zero attached hydrogens (tertiary/aromatic N) is 2. The van der Waals surface area contributed by atoms with Crippen LogP contribution in [-0.2, 0) is 65.7 Å². The van der Waals surface area contributed by atoms with Crippen LogP contribution in [0.3, 0.4) is 0 Å². The number of anilines is 1. The molecule has 0 saturated heterocycles. The number of ether oxygens (including phenoxy) is 1. The van der Waals surface area contributed by atoms with Crippen molar-refractivity contribution >= 4 is 70.5 Å². The van der Waals surface area contributed by atoms with E-state index < -0.39 is 101 Å². The lowest BCUT2D eigenvalue weighted by Crippen LogP contribution is -2.62. The van der Waals surface area contributed by atoms with E-state index in [-0.39, 0.29) is 78.3 Å². The van der Waals surface area contributed by atoms with Crippen molar-refractivity contribution in [2.24, 2.45) is 57.7 Å². The Balaban J connectivity index is 0.899. The van der Waals surface area contributed by atoms with Crippen molar-refractivity contribution in [1.29, 1.82) is 0 Å². The normalized spacial score (nSPS) is 25.0. The summed E-state index contributed by atoms with van der Waals surface area (Å²) >= 11 is 0. The lowest BCUT2D eigenvalue weighted by atomic mass is 9.47. The van der Waals surface area contributed by atoms with E-state index in [2.05, 4.69) is 50.6 Å². The number of unbranched alkanes of at least 4 members (excludes halogenated alkanes) is 2. The first-order valence-corrected chi connectivity index (χ1v) is 29.9. The molecule has 7 rings (SSSR count). The number of nitrogens with one attached hydrogen (secondary N) is 3. The highest BCUT2D eigenvalue weighted by Crippen LogP contribution is 2.66. The molecular formula is C65H85N5O14. The Hall–Kier alpha value is -7.31. The summed E-state index contributed by atoms with van der Waals surface area (Å²) in [5.74, 6) is -6.73. The van der Waals surface area contributed by atoms with Crippen LogP contribution in [0.25, 0.3) is 0 Å². The van der Waals surface area contributed by atoms with Gasteiger partial charge in [0.05, 0.1) is 30.5 Å². The molecule has 0 spiro atoms. The van der Waals surface area contributed by atoms with E-state index in [1.54, 1.807) is 38.1 Å². The minimum atomic E-state index is -1.34. The average Bonchev–Trinajstić information content (AvgIpc) is 1.32. The van der Waals surface area contributed by atoms with Crippen LogP contribution in [0, 0.1) is 57.7 Å². The fourth-order valence-electron chi connectivity index (χ4n) is 14.1. The van der Waals surface area contributed by atoms with E-state index in [9.17, 15) is 63.0 Å². The van der Waals surface area contributed by atoms with Crippen LogP contribution in [-0.4, -0.2) is 110 Å². The number of hydrogen-bond donors (Lipinski definition) is 5. The maximum Gasteiger partial charge on any atom is 0.417 e. The van der Waals surface area contributed by atoms with Gasteiger partial charge in [-0.05, 0) is 135 Å². The minimum Gasteiger partial charge on any atom is -0.508 e. The number of Topliss-reactive ketones (excluding diaryl/α,β-unsaturated/α-hetero) is 3. The van der Waals surface area contributed by atoms with Crippen LogP contribution in [0.5, 0.6) is 5.75 Å². The molecule has 3 aliphatic carbocycles. The first kappa shape index (κ1) is 64.3. The van der Waals surface area contributed by atoms with Gasteiger partial charge in [-0.2, -0.15) is 0 Å². The predicted octanol–water partition coefficient (Wildman–Crippen LogP) is 8.60. The number of benzene rings is 2. The zero-order chi connectivity index (χ0) is 61.4. The smallest absolute Gasteiger partial charge is 0.417 e. The highest BCUT2D eigenvalue weighted by molar-refractivity contribution is 6.12. The van der Waals surface area contributed by atoms with Gasteiger partial charge in [0.1, 0.15) is 18.1 Å². The van der Waals surface area contributed by atoms with Gasteiger partial charge in [0.25, 0.3) is 17.7 Å². The predicted molar refractivity (Wildman–Crippen MR) is 311 cm³/mol. The maximum atomic E-state index is 14.0. The number of carboxylic acids is 1. The van der Waals surface area contributed by atoms with Gasteiger partial charge in [0.2, 0.25) is 17.7 Å². The number of fused-ring (bicyclic) bond motifs is 5. The van der Waals surface area contributed by atoms with Crippen LogP contribution in [0.15, 0.2) is 72.8 Å². The Labute approximate surface area is 492 Å². The van der Waals surface area contributed by atoms with E-state index >= 15 is 0 Å². The third-order valence-corrected chi connectivity index (χ3v) is 18.7. The molecule has 0 radical (unpaired) electrons. The number of aliphatic carboxylic acids is 1. The van der Waals surface area contributed by atoms with Crippen LogP contribution in [0.1, 0.15) is 156 Å². The van der Waals surface area contributed by atoms with Crippen molar-refractivity contribution in [2.45, 2.75) is 176 Å². The monoisotopic (exact) mass is 1160 g/mol. The Morgan fingerprint density at radius 3 is 2.04 bits per heavy atom. The molecule has 3 fully saturated rings. The summed E-state index contributed by atoms with van der Waals surface area (Å²) in [6.45, 7) is 15.7. The Morgan fingerprint density at radius 1 is 0.726 bits per heavy atom. The standard InChI is InChI=1S/C65H85N5O14/c1-38(2)46(35-52(73)50(32-40-15-19-44(71)20-16-40)68-55(75)12-10-9-11-31-69-56(76)25-26-57(69)77)61(82)66-39(3)51(72)33-42(34-59(79)80)60(81)67-43-17-13-41(14-18-43)37-84-62(83)70-54-24-21-45-47-22-23-49(53(74)36-63(4,5)6)64(47,7)29-27-48(45)65(54,8)30-28-58(70)78/h13-20,25-26,28,30,38-39,42,45-50,54,71H,9-12,21-24,27,29,31-37H2,1-8H3,(H,66,82)(H,67,81)(H,68,75)(H,79,80)/t39-,42-,45-,46-,47-,48-,49+,50-,54+,64-,65+/m0/s1. The van der Waals surface area contributed by atoms with E-state index in [0.29, 0.717) is 60.9 Å². The lowest BCUT2D eigenvalue weighted by molar-refractivity contribution is -0.142. The van der Waals surface area contributed by atoms with E-state index in [4.69, 9.17) is 4.74 Å². The lowest BCUT2D eigenvalue weighted by Gasteiger charge is -2.60. The Morgan fingerprint density at radius 2 is 1.39 bits per heavy atom. The zero-order valence-electron chi connectivity index (χ0n) is 49.9. The number of rotatable bonds is 26. The van der Waals surface area contributed by atoms with Gasteiger partial charge in [0.15, 0.2) is 11.6 Å². The molecule has 0 bridgehead atoms. The van der Waals surface area contributed by atoms with Crippen molar-refractivity contribution < 1.29 is 67.7 Å². The van der Waals surface area contributed by atoms with Crippen LogP contribution in [0.2, 0.25) is 0 Å². The highest BCUT2D eigenvalue weighted by Gasteiger charge is 2.62. The molecule has 454 valence electrons. The second kappa shape index (κ2) is 27.2. The van der Waals surface area contributed by atoms with Gasteiger partial charge < -0.3 is 30.9 Å². The van der Waals surface area contributed by atoms with Crippen molar-refractivity contribution in [2.75, 3.05) is 11.9 Å². The number of imide groups is 2. The molecule has 19 heteroatoms. The third-order valence-electron chi connectivity index (χ3n) is 18.7. The van der Waals surface area contributed by atoms with Gasteiger partial charge in [-0.15, -0.1) is 0 Å². The number of hydrogen-bond acceptors (Lipinski definition) is 13. The number of carbonyl (C=O) groups is 11. The largest absolute Gasteiger partial charge is 0.508 e. The van der Waals surface area contributed by atoms with Crippen molar-refractivity contribution in [3.05, 3.63) is 84.0 Å². The summed E-state index contributed by atoms with van der Waals surface area (Å²) in [5.41, 5.74) is 0.848. The summed E-state index contributed by atoms with van der Waals surface area (Å²) in [5, 5.41) is 27.7. The van der Waals surface area contributed by atoms with Crippen LogP contribution >= 0.6 is 0 Å². The fourth-order valence-corrected chi connectivity index (χ4v) is 14.1. The Kier molecular flexibility index (Phi) is 20.8. The van der Waals surface area contributed by atoms with Crippen LogP contribution in [0.4, 0.5) is 10.5 Å². The summed E-state index contributed by atoms with van der Waals surface area (Å²) in [4.78, 5) is 148. The number of phenols is 1. The van der Waals surface area contributed by atoms with Gasteiger partial charge in [0, 0.05) is 73.4 Å². The quantitative estimate of drug-likeness (QED) is 0.0436. The van der Waals surface area contributed by atoms with E-state index in [1.165, 1.54) is 54.3 Å². The number of ketones is 3. The van der Waals surface area contributed by atoms with Gasteiger partial charge in [-0.1, -0.05) is 85.2 Å². The molecule has 5 N–H and O–H groups in total. The molecule has 0 unspecified atom stereocenters. The molecule has 11 atom stereocenters. The summed E-state index contributed by atoms with van der Waals surface area (Å²) in [7, 11) is 0. The summed E-state index contributed by atoms with van der Waals surface area (Å²) in [6.07, 6.45) is 10.9. The molecular weight excluding hydrogens is 1070 g/mol. The summed E-state index contributed by atoms with van der Waals surface area (Å²) < 4.78 is 5.78. The molecule has 0 aromatic heterocycles. The molecule has 2 aromatic rings. The molecule has 5 aliphatic rings. The van der Waals surface area contributed by atoms with Gasteiger partial charge in [-0.25, -0.2) is 9.69 Å². The minimum absolute atomic E-state index is 0.00675. The van der Waals surface area contributed by atoms with E-state index in [0.717, 1.165) is 37.0 Å². The molecule has 7 amide bonds. The number of carbonyl (C=O) groups excluding carboxylic acids is 10. The first-order chi connectivity index (χ1) is 39.6. The van der Waals surface area contributed by atoms with Crippen molar-refractivity contribution in [3.8, 4) is 5.75 Å². The number of aromatic hydroxyl groups is 1. The topological polar surface area (TPSA) is 280 Å². The molecule has 3 saturated carbocycles. The van der Waals surface area contributed by atoms with Crippen LogP contribution < -0.4 is 16.0 Å². The third kappa shape index (κ3) is 15.5. The number of phenolic OH excluding ortho intramolecular Hbond substituents is 1. The van der Waals surface area contributed by atoms with Crippen molar-refractivity contribution in [1.82, 2.24) is 20.4 Å². The second-order valence-corrected chi connectivity index (χ2v) is 26.2. The Bertz CT molecular complexity index is 2890. The number of amides is 7. The number of carboxylic acid groups (broad SMARTS) is 1. The zero-order valence-corrected chi connectivity index (χ0v) is 49.9. The highest BCUT2D eigenvalue weighted by atomic mass is 16.6. The van der Waals surface area contributed by atoms with E-state index in [1.807, 2.05) is 6.08 Å². The van der Waals surface area contributed by atoms with Gasteiger partial charge in [-0.3, -0.25) is 52.8 Å². The van der Waals surface area contributed by atoms with Crippen molar-refractivity contribution in [3.63, 3.8) is 0 Å². The molecule has 2 heterocycles. The fraction of sp³-hybridized carbons (Fsp3) is 0.585. The molecule has 2 aliphatic heterocycles. The average molecular weight is 1160 g/mol. The molecule has 19 nitrogen and oxygen atoms in total. The SMILES string of the molecule is CC(C)[C@H](CC(=O)[C@H](Cc1ccc(O)cc1)NC(=O)CCCCCN1C(=O)C=CC1=O)C(=O)N[C@@H](C)C(=O)C[C@@H](CC(=O)O)C(=O)Nc1ccc(COC(=O)N2C(=O)C=C[C@]3(C)[C@H]4CC[C@]5(C)[C@@H](C(=O)CC(C)(C)C)CC[C@H]5[C@@H]4CC[C@@H]23)cc1. The second-order valence-electron chi connectivity index (χ2n) is 26.2. The van der Waals surface area contributed by atoms with Gasteiger partial charge >= 0.3 is 12.1 Å². The summed E-state index contributed by atoms with van der Waals surface area (Å²) in [6, 6.07) is 9.77.